The van der Waals surface area contributed by atoms with Gasteiger partial charge in [0.15, 0.2) is 5.13 Å². The highest BCUT2D eigenvalue weighted by Crippen LogP contribution is 2.39. The van der Waals surface area contributed by atoms with Gasteiger partial charge in [-0.05, 0) is 50.1 Å². The Kier molecular flexibility index (Phi) is 6.62. The first-order valence-corrected chi connectivity index (χ1v) is 11.5. The molecule has 0 aliphatic carbocycles. The number of piperazine rings is 1. The molecule has 3 aromatic rings. The predicted octanol–water partition coefficient (Wildman–Crippen LogP) is 4.36. The van der Waals surface area contributed by atoms with Gasteiger partial charge in [-0.3, -0.25) is 15.3 Å². The minimum atomic E-state index is -0.112. The quantitative estimate of drug-likeness (QED) is 0.581. The van der Waals surface area contributed by atoms with Gasteiger partial charge in [0.1, 0.15) is 0 Å². The predicted molar refractivity (Wildman–Crippen MR) is 132 cm³/mol. The van der Waals surface area contributed by atoms with Crippen LogP contribution in [0.25, 0.3) is 21.7 Å². The number of nitrogens with one attached hydrogen (secondary N) is 2. The normalized spacial score (nSPS) is 16.5. The maximum Gasteiger partial charge on any atom is 0.323 e. The van der Waals surface area contributed by atoms with Crippen molar-refractivity contribution >= 4 is 28.7 Å². The Labute approximate surface area is 192 Å². The smallest absolute Gasteiger partial charge is 0.322 e. The molecule has 166 valence electrons. The Bertz CT molecular complexity index is 1130. The van der Waals surface area contributed by atoms with Crippen molar-refractivity contribution in [3.05, 3.63) is 53.3 Å². The number of rotatable bonds is 4. The maximum absolute atomic E-state index is 12.9. The summed E-state index contributed by atoms with van der Waals surface area (Å²) in [4.78, 5) is 29.2. The van der Waals surface area contributed by atoms with Crippen molar-refractivity contribution < 1.29 is 4.79 Å². The average molecular weight is 449 g/mol. The Morgan fingerprint density at radius 2 is 2.00 bits per heavy atom. The molecule has 1 aliphatic rings. The molecule has 3 heterocycles. The third-order valence-corrected chi connectivity index (χ3v) is 6.30. The number of carbonyl (C=O) groups is 1. The lowest BCUT2D eigenvalue weighted by molar-refractivity contribution is 0.192. The first kappa shape index (κ1) is 22.1. The van der Waals surface area contributed by atoms with Crippen LogP contribution in [0.3, 0.4) is 0 Å². The molecule has 0 unspecified atom stereocenters. The van der Waals surface area contributed by atoms with E-state index in [4.69, 9.17) is 4.98 Å². The van der Waals surface area contributed by atoms with Gasteiger partial charge < -0.3 is 10.2 Å². The van der Waals surface area contributed by atoms with Crippen molar-refractivity contribution in [1.82, 2.24) is 20.2 Å². The minimum Gasteiger partial charge on any atom is -0.322 e. The molecule has 1 aromatic carbocycles. The number of benzene rings is 1. The number of aromatic nitrogens is 2. The summed E-state index contributed by atoms with van der Waals surface area (Å²) in [5.74, 6) is 0. The standard InChI is InChI=1S/C24H28N6OS/c1-15-10-20(11-16(2)27-15)22-21(19-7-5-6-18(12-19)13-25-4)28-23(32-22)29-24(31)30-9-8-26-17(3)14-30/h5-7,10-13,17,26H,8-9,14H2,1-4H3,(H,28,29,31)/t17-/m1/s1. The fourth-order valence-electron chi connectivity index (χ4n) is 3.93. The van der Waals surface area contributed by atoms with Crippen molar-refractivity contribution in [2.45, 2.75) is 26.8 Å². The van der Waals surface area contributed by atoms with Crippen LogP contribution in [-0.2, 0) is 0 Å². The van der Waals surface area contributed by atoms with Gasteiger partial charge in [-0.1, -0.05) is 29.5 Å². The maximum atomic E-state index is 12.9. The number of pyridine rings is 1. The number of amides is 2. The molecule has 0 radical (unpaired) electrons. The van der Waals surface area contributed by atoms with E-state index in [9.17, 15) is 4.79 Å². The summed E-state index contributed by atoms with van der Waals surface area (Å²) in [6, 6.07) is 12.4. The van der Waals surface area contributed by atoms with Crippen LogP contribution in [0.1, 0.15) is 23.9 Å². The van der Waals surface area contributed by atoms with Crippen LogP contribution in [0.4, 0.5) is 9.93 Å². The average Bonchev–Trinajstić information content (AvgIpc) is 3.17. The van der Waals surface area contributed by atoms with Gasteiger partial charge >= 0.3 is 6.03 Å². The van der Waals surface area contributed by atoms with E-state index in [1.165, 1.54) is 11.3 Å². The van der Waals surface area contributed by atoms with Gasteiger partial charge in [0.25, 0.3) is 0 Å². The van der Waals surface area contributed by atoms with E-state index in [-0.39, 0.29) is 12.1 Å². The summed E-state index contributed by atoms with van der Waals surface area (Å²) >= 11 is 1.49. The number of hydrogen-bond acceptors (Lipinski definition) is 6. The fourth-order valence-corrected chi connectivity index (χ4v) is 4.90. The first-order chi connectivity index (χ1) is 15.4. The van der Waals surface area contributed by atoms with E-state index in [0.717, 1.165) is 45.2 Å². The Morgan fingerprint density at radius 3 is 2.72 bits per heavy atom. The number of anilines is 1. The molecular weight excluding hydrogens is 420 g/mol. The number of hydrogen-bond donors (Lipinski definition) is 2. The van der Waals surface area contributed by atoms with E-state index in [0.29, 0.717) is 18.2 Å². The molecule has 7 nitrogen and oxygen atoms in total. The summed E-state index contributed by atoms with van der Waals surface area (Å²) < 4.78 is 0. The lowest BCUT2D eigenvalue weighted by atomic mass is 10.0. The van der Waals surface area contributed by atoms with E-state index >= 15 is 0 Å². The number of urea groups is 1. The molecule has 4 rings (SSSR count). The van der Waals surface area contributed by atoms with Crippen molar-refractivity contribution in [2.75, 3.05) is 32.0 Å². The van der Waals surface area contributed by atoms with Gasteiger partial charge in [-0.15, -0.1) is 0 Å². The van der Waals surface area contributed by atoms with Crippen LogP contribution >= 0.6 is 11.3 Å². The highest BCUT2D eigenvalue weighted by atomic mass is 32.1. The van der Waals surface area contributed by atoms with E-state index in [1.807, 2.05) is 43.2 Å². The second-order valence-electron chi connectivity index (χ2n) is 8.08. The van der Waals surface area contributed by atoms with E-state index in [2.05, 4.69) is 45.7 Å². The number of nitrogens with zero attached hydrogens (tertiary/aromatic N) is 4. The SMILES string of the molecule is CN=Cc1cccc(-c2nc(NC(=O)N3CCN[C@H](C)C3)sc2-c2cc(C)nc(C)c2)c1. The van der Waals surface area contributed by atoms with Crippen molar-refractivity contribution in [1.29, 1.82) is 0 Å². The van der Waals surface area contributed by atoms with Gasteiger partial charge in [-0.25, -0.2) is 9.78 Å². The molecule has 8 heteroatoms. The van der Waals surface area contributed by atoms with Gasteiger partial charge in [0.2, 0.25) is 0 Å². The Morgan fingerprint density at radius 1 is 1.22 bits per heavy atom. The molecule has 0 spiro atoms. The van der Waals surface area contributed by atoms with E-state index in [1.54, 1.807) is 7.05 Å². The molecule has 2 aromatic heterocycles. The second kappa shape index (κ2) is 9.58. The van der Waals surface area contributed by atoms with Gasteiger partial charge in [0, 0.05) is 55.9 Å². The van der Waals surface area contributed by atoms with Crippen LogP contribution in [0.2, 0.25) is 0 Å². The monoisotopic (exact) mass is 448 g/mol. The zero-order valence-corrected chi connectivity index (χ0v) is 19.7. The lowest BCUT2D eigenvalue weighted by Gasteiger charge is -2.31. The highest BCUT2D eigenvalue weighted by Gasteiger charge is 2.23. The van der Waals surface area contributed by atoms with Crippen LogP contribution in [0.15, 0.2) is 41.4 Å². The Hall–Kier alpha value is -3.10. The summed E-state index contributed by atoms with van der Waals surface area (Å²) in [6.07, 6.45) is 1.82. The lowest BCUT2D eigenvalue weighted by Crippen LogP contribution is -2.52. The van der Waals surface area contributed by atoms with Crippen molar-refractivity contribution in [2.24, 2.45) is 4.99 Å². The van der Waals surface area contributed by atoms with Crippen LogP contribution in [0, 0.1) is 13.8 Å². The topological polar surface area (TPSA) is 82.5 Å². The second-order valence-corrected chi connectivity index (χ2v) is 9.08. The summed E-state index contributed by atoms with van der Waals surface area (Å²) in [7, 11) is 1.76. The fraction of sp³-hybridized carbons (Fsp3) is 0.333. The zero-order valence-electron chi connectivity index (χ0n) is 18.8. The molecule has 0 saturated carbocycles. The van der Waals surface area contributed by atoms with Crippen molar-refractivity contribution in [3.8, 4) is 21.7 Å². The molecule has 1 atom stereocenters. The summed E-state index contributed by atoms with van der Waals surface area (Å²) in [5, 5.41) is 6.98. The number of aliphatic imine (C=N–C) groups is 1. The van der Waals surface area contributed by atoms with E-state index < -0.39 is 0 Å². The zero-order chi connectivity index (χ0) is 22.7. The number of thiazole rings is 1. The van der Waals surface area contributed by atoms with Gasteiger partial charge in [-0.2, -0.15) is 0 Å². The van der Waals surface area contributed by atoms with Crippen LogP contribution < -0.4 is 10.6 Å². The third kappa shape index (κ3) is 5.03. The number of carbonyl (C=O) groups excluding carboxylic acids is 1. The molecule has 2 amide bonds. The molecular formula is C24H28N6OS. The summed E-state index contributed by atoms with van der Waals surface area (Å²) in [5.41, 5.74) is 5.78. The van der Waals surface area contributed by atoms with Crippen molar-refractivity contribution in [3.63, 3.8) is 0 Å². The Balaban J connectivity index is 1.73. The molecule has 2 N–H and O–H groups in total. The molecule has 0 bridgehead atoms. The largest absolute Gasteiger partial charge is 0.323 e. The summed E-state index contributed by atoms with van der Waals surface area (Å²) in [6.45, 7) is 8.22. The molecule has 1 aliphatic heterocycles. The molecule has 1 fully saturated rings. The van der Waals surface area contributed by atoms with Gasteiger partial charge in [0.05, 0.1) is 10.6 Å². The molecule has 32 heavy (non-hydrogen) atoms. The number of aryl methyl sites for hydroxylation is 2. The third-order valence-electron chi connectivity index (χ3n) is 5.28. The van der Waals surface area contributed by atoms with Crippen LogP contribution in [0.5, 0.6) is 0 Å². The van der Waals surface area contributed by atoms with Crippen LogP contribution in [-0.4, -0.2) is 59.8 Å². The highest BCUT2D eigenvalue weighted by molar-refractivity contribution is 7.19. The minimum absolute atomic E-state index is 0.112. The molecule has 1 saturated heterocycles. The first-order valence-electron chi connectivity index (χ1n) is 10.7.